The van der Waals surface area contributed by atoms with E-state index in [1.807, 2.05) is 63.4 Å². The number of pyridine rings is 1. The molecular formula is C22H25ClN4O2. The van der Waals surface area contributed by atoms with E-state index in [1.165, 1.54) is 0 Å². The highest BCUT2D eigenvalue weighted by molar-refractivity contribution is 6.30. The van der Waals surface area contributed by atoms with Crippen LogP contribution in [0.3, 0.4) is 0 Å². The van der Waals surface area contributed by atoms with E-state index in [1.54, 1.807) is 9.80 Å². The molecule has 2 aromatic rings. The van der Waals surface area contributed by atoms with Crippen molar-refractivity contribution in [2.45, 2.75) is 38.9 Å². The van der Waals surface area contributed by atoms with E-state index in [4.69, 9.17) is 11.6 Å². The molecule has 29 heavy (non-hydrogen) atoms. The summed E-state index contributed by atoms with van der Waals surface area (Å²) in [7, 11) is 0. The first kappa shape index (κ1) is 19.7. The van der Waals surface area contributed by atoms with Gasteiger partial charge in [0.1, 0.15) is 12.4 Å². The van der Waals surface area contributed by atoms with Gasteiger partial charge in [-0.05, 0) is 50.1 Å². The molecule has 2 saturated heterocycles. The molecule has 4 rings (SSSR count). The standard InChI is InChI=1S/C22H25ClN4O2/c1-15(2)26-12-20(28)27(11-17-5-7-18(23)8-6-17)22(21(26)29)13-25(14-22)19-9-4-16(3)10-24-19/h4-10,15H,11-14H2,1-3H3. The van der Waals surface area contributed by atoms with Gasteiger partial charge in [0, 0.05) is 23.8 Å². The van der Waals surface area contributed by atoms with Gasteiger partial charge in [-0.3, -0.25) is 9.59 Å². The zero-order chi connectivity index (χ0) is 20.8. The quantitative estimate of drug-likeness (QED) is 0.774. The predicted octanol–water partition coefficient (Wildman–Crippen LogP) is 2.88. The molecule has 0 atom stereocenters. The van der Waals surface area contributed by atoms with Crippen molar-refractivity contribution in [3.8, 4) is 0 Å². The molecule has 2 aliphatic heterocycles. The van der Waals surface area contributed by atoms with Gasteiger partial charge >= 0.3 is 0 Å². The molecule has 0 unspecified atom stereocenters. The smallest absolute Gasteiger partial charge is 0.252 e. The van der Waals surface area contributed by atoms with E-state index in [0.717, 1.165) is 16.9 Å². The highest BCUT2D eigenvalue weighted by Gasteiger charge is 2.60. The van der Waals surface area contributed by atoms with Gasteiger partial charge in [0.2, 0.25) is 5.91 Å². The fourth-order valence-electron chi connectivity index (χ4n) is 4.05. The van der Waals surface area contributed by atoms with Crippen LogP contribution in [-0.4, -0.2) is 57.8 Å². The minimum atomic E-state index is -0.855. The second kappa shape index (κ2) is 7.34. The average molecular weight is 413 g/mol. The van der Waals surface area contributed by atoms with E-state index >= 15 is 0 Å². The summed E-state index contributed by atoms with van der Waals surface area (Å²) in [4.78, 5) is 36.5. The summed E-state index contributed by atoms with van der Waals surface area (Å²) < 4.78 is 0. The van der Waals surface area contributed by atoms with Crippen LogP contribution in [-0.2, 0) is 16.1 Å². The number of carbonyl (C=O) groups excluding carboxylic acids is 2. The highest BCUT2D eigenvalue weighted by Crippen LogP contribution is 2.37. The molecule has 0 saturated carbocycles. The molecule has 6 nitrogen and oxygen atoms in total. The fourth-order valence-corrected chi connectivity index (χ4v) is 4.18. The molecule has 0 radical (unpaired) electrons. The van der Waals surface area contributed by atoms with Crippen molar-refractivity contribution in [1.29, 1.82) is 0 Å². The lowest BCUT2D eigenvalue weighted by molar-refractivity contribution is -0.170. The van der Waals surface area contributed by atoms with E-state index in [0.29, 0.717) is 24.7 Å². The van der Waals surface area contributed by atoms with Gasteiger partial charge in [-0.2, -0.15) is 0 Å². The average Bonchev–Trinajstić information content (AvgIpc) is 2.65. The van der Waals surface area contributed by atoms with Crippen LogP contribution in [0.2, 0.25) is 5.02 Å². The van der Waals surface area contributed by atoms with Gasteiger partial charge in [-0.15, -0.1) is 0 Å². The van der Waals surface area contributed by atoms with Crippen LogP contribution in [0.15, 0.2) is 42.6 Å². The first-order valence-corrected chi connectivity index (χ1v) is 10.2. The SMILES string of the molecule is Cc1ccc(N2CC3(C2)C(=O)N(C(C)C)CC(=O)N3Cc2ccc(Cl)cc2)nc1. The number of hydrogen-bond acceptors (Lipinski definition) is 4. The summed E-state index contributed by atoms with van der Waals surface area (Å²) in [5, 5.41) is 0.649. The van der Waals surface area contributed by atoms with Crippen LogP contribution in [0.5, 0.6) is 0 Å². The maximum atomic E-state index is 13.5. The number of halogens is 1. The van der Waals surface area contributed by atoms with Crippen molar-refractivity contribution in [2.24, 2.45) is 0 Å². The fraction of sp³-hybridized carbons (Fsp3) is 0.409. The van der Waals surface area contributed by atoms with Gasteiger partial charge in [0.05, 0.1) is 13.1 Å². The van der Waals surface area contributed by atoms with Crippen LogP contribution < -0.4 is 4.90 Å². The molecule has 2 fully saturated rings. The Balaban J connectivity index is 1.63. The second-order valence-corrected chi connectivity index (χ2v) is 8.65. The zero-order valence-corrected chi connectivity index (χ0v) is 17.7. The lowest BCUT2D eigenvalue weighted by Crippen LogP contribution is -2.81. The van der Waals surface area contributed by atoms with Crippen molar-refractivity contribution in [1.82, 2.24) is 14.8 Å². The van der Waals surface area contributed by atoms with Gasteiger partial charge in [-0.25, -0.2) is 4.98 Å². The van der Waals surface area contributed by atoms with Gasteiger partial charge in [0.15, 0.2) is 5.54 Å². The summed E-state index contributed by atoms with van der Waals surface area (Å²) in [5.41, 5.74) is 1.19. The molecule has 2 amide bonds. The molecule has 0 aliphatic carbocycles. The summed E-state index contributed by atoms with van der Waals surface area (Å²) in [6, 6.07) is 11.4. The maximum absolute atomic E-state index is 13.5. The first-order chi connectivity index (χ1) is 13.8. The number of nitrogens with zero attached hydrogens (tertiary/aromatic N) is 4. The highest BCUT2D eigenvalue weighted by atomic mass is 35.5. The van der Waals surface area contributed by atoms with Crippen molar-refractivity contribution >= 4 is 29.2 Å². The number of piperazine rings is 1. The molecule has 0 bridgehead atoms. The van der Waals surface area contributed by atoms with Crippen molar-refractivity contribution < 1.29 is 9.59 Å². The Bertz CT molecular complexity index is 921. The van der Waals surface area contributed by atoms with Crippen molar-refractivity contribution in [3.05, 3.63) is 58.7 Å². The second-order valence-electron chi connectivity index (χ2n) is 8.21. The maximum Gasteiger partial charge on any atom is 0.252 e. The third-order valence-electron chi connectivity index (χ3n) is 5.78. The molecule has 1 aromatic heterocycles. The zero-order valence-electron chi connectivity index (χ0n) is 16.9. The molecule has 152 valence electrons. The Kier molecular flexibility index (Phi) is 4.99. The summed E-state index contributed by atoms with van der Waals surface area (Å²) in [6.07, 6.45) is 1.82. The number of carbonyl (C=O) groups is 2. The molecular weight excluding hydrogens is 388 g/mol. The lowest BCUT2D eigenvalue weighted by Gasteiger charge is -2.59. The summed E-state index contributed by atoms with van der Waals surface area (Å²) in [5.74, 6) is 0.823. The molecule has 7 heteroatoms. The Morgan fingerprint density at radius 1 is 1.10 bits per heavy atom. The largest absolute Gasteiger partial charge is 0.351 e. The van der Waals surface area contributed by atoms with Gasteiger partial charge in [-0.1, -0.05) is 29.8 Å². The van der Waals surface area contributed by atoms with Gasteiger partial charge in [0.25, 0.3) is 5.91 Å². The molecule has 3 heterocycles. The summed E-state index contributed by atoms with van der Waals surface area (Å²) in [6.45, 7) is 7.30. The molecule has 1 spiro atoms. The van der Waals surface area contributed by atoms with E-state index in [2.05, 4.69) is 9.88 Å². The van der Waals surface area contributed by atoms with Crippen molar-refractivity contribution in [2.75, 3.05) is 24.5 Å². The van der Waals surface area contributed by atoms with Crippen LogP contribution in [0.1, 0.15) is 25.0 Å². The molecule has 0 N–H and O–H groups in total. The number of rotatable bonds is 4. The number of aryl methyl sites for hydroxylation is 1. The third kappa shape index (κ3) is 3.46. The van der Waals surface area contributed by atoms with Crippen LogP contribution in [0.4, 0.5) is 5.82 Å². The number of amides is 2. The monoisotopic (exact) mass is 412 g/mol. The minimum absolute atomic E-state index is 0.0180. The molecule has 1 aromatic carbocycles. The number of benzene rings is 1. The van der Waals surface area contributed by atoms with Gasteiger partial charge < -0.3 is 14.7 Å². The Labute approximate surface area is 176 Å². The van der Waals surface area contributed by atoms with Crippen LogP contribution in [0.25, 0.3) is 0 Å². The van der Waals surface area contributed by atoms with Crippen molar-refractivity contribution in [3.63, 3.8) is 0 Å². The van der Waals surface area contributed by atoms with E-state index in [-0.39, 0.29) is 24.4 Å². The number of anilines is 1. The van der Waals surface area contributed by atoms with E-state index < -0.39 is 5.54 Å². The topological polar surface area (TPSA) is 56.8 Å². The summed E-state index contributed by atoms with van der Waals surface area (Å²) >= 11 is 6.00. The minimum Gasteiger partial charge on any atom is -0.351 e. The number of hydrogen-bond donors (Lipinski definition) is 0. The van der Waals surface area contributed by atoms with Crippen LogP contribution >= 0.6 is 11.6 Å². The Morgan fingerprint density at radius 2 is 1.79 bits per heavy atom. The Morgan fingerprint density at radius 3 is 2.38 bits per heavy atom. The number of aromatic nitrogens is 1. The third-order valence-corrected chi connectivity index (χ3v) is 6.04. The predicted molar refractivity (Wildman–Crippen MR) is 113 cm³/mol. The first-order valence-electron chi connectivity index (χ1n) is 9.84. The Hall–Kier alpha value is -2.60. The lowest BCUT2D eigenvalue weighted by atomic mass is 9.82. The van der Waals surface area contributed by atoms with Crippen LogP contribution in [0, 0.1) is 6.92 Å². The normalized spacial score (nSPS) is 18.6. The molecule has 2 aliphatic rings. The van der Waals surface area contributed by atoms with E-state index in [9.17, 15) is 9.59 Å².